The molecule has 1 heterocycles. The third-order valence-corrected chi connectivity index (χ3v) is 5.53. The summed E-state index contributed by atoms with van der Waals surface area (Å²) in [6, 6.07) is 9.79. The van der Waals surface area contributed by atoms with Gasteiger partial charge in [-0.25, -0.2) is 0 Å². The first kappa shape index (κ1) is 22.2. The van der Waals surface area contributed by atoms with Gasteiger partial charge in [0.05, 0.1) is 18.1 Å². The molecule has 2 amide bonds. The van der Waals surface area contributed by atoms with E-state index in [4.69, 9.17) is 32.7 Å². The van der Waals surface area contributed by atoms with Crippen molar-refractivity contribution < 1.29 is 23.9 Å². The molecule has 2 aromatic carbocycles. The summed E-state index contributed by atoms with van der Waals surface area (Å²) in [5, 5.41) is 0.465. The van der Waals surface area contributed by atoms with Crippen molar-refractivity contribution in [3.05, 3.63) is 62.5 Å². The quantitative estimate of drug-likeness (QED) is 0.316. The second-order valence-corrected chi connectivity index (χ2v) is 8.07. The largest absolute Gasteiger partial charge is 0.490 e. The Hall–Kier alpha value is -2.48. The fraction of sp³-hybridized carbons (Fsp3) is 0.190. The minimum absolute atomic E-state index is 0.0492. The second-order valence-electron chi connectivity index (χ2n) is 6.24. The van der Waals surface area contributed by atoms with Gasteiger partial charge in [0.25, 0.3) is 11.1 Å². The normalized spacial score (nSPS) is 15.1. The Kier molecular flexibility index (Phi) is 7.07. The van der Waals surface area contributed by atoms with Crippen molar-refractivity contribution in [2.75, 3.05) is 6.61 Å². The van der Waals surface area contributed by atoms with Crippen LogP contribution in [0.2, 0.25) is 10.0 Å². The summed E-state index contributed by atoms with van der Waals surface area (Å²) in [7, 11) is 0. The van der Waals surface area contributed by atoms with Crippen LogP contribution >= 0.6 is 35.0 Å². The first-order valence-electron chi connectivity index (χ1n) is 8.93. The van der Waals surface area contributed by atoms with E-state index in [1.165, 1.54) is 6.92 Å². The molecule has 1 saturated heterocycles. The fourth-order valence-corrected chi connectivity index (χ4v) is 4.04. The van der Waals surface area contributed by atoms with E-state index in [1.807, 2.05) is 0 Å². The van der Waals surface area contributed by atoms with Gasteiger partial charge in [-0.05, 0) is 60.2 Å². The maximum absolute atomic E-state index is 12.8. The highest BCUT2D eigenvalue weighted by Crippen LogP contribution is 2.36. The van der Waals surface area contributed by atoms with Gasteiger partial charge in [-0.1, -0.05) is 35.3 Å². The highest BCUT2D eigenvalue weighted by molar-refractivity contribution is 8.18. The number of ether oxygens (including phenoxy) is 2. The molecule has 156 valence electrons. The zero-order chi connectivity index (χ0) is 21.8. The van der Waals surface area contributed by atoms with Gasteiger partial charge in [-0.15, -0.1) is 0 Å². The topological polar surface area (TPSA) is 72.9 Å². The van der Waals surface area contributed by atoms with Crippen LogP contribution in [0.25, 0.3) is 6.08 Å². The summed E-state index contributed by atoms with van der Waals surface area (Å²) in [5.74, 6) is -0.232. The molecule has 30 heavy (non-hydrogen) atoms. The standard InChI is InChI=1S/C21H17Cl2NO5S/c1-3-28-18-8-13(4-7-17(18)29-12(2)25)9-19-20(26)24(21(27)30-19)11-14-5-6-15(22)10-16(14)23/h4-10H,3,11H2,1-2H3/b19-9-. The Morgan fingerprint density at radius 3 is 2.57 bits per heavy atom. The van der Waals surface area contributed by atoms with Crippen molar-refractivity contribution >= 4 is 58.2 Å². The van der Waals surface area contributed by atoms with Crippen molar-refractivity contribution in [3.63, 3.8) is 0 Å². The Morgan fingerprint density at radius 1 is 1.13 bits per heavy atom. The SMILES string of the molecule is CCOc1cc(/C=C2\SC(=O)N(Cc3ccc(Cl)cc3Cl)C2=O)ccc1OC(C)=O. The lowest BCUT2D eigenvalue weighted by Crippen LogP contribution is -2.27. The van der Waals surface area contributed by atoms with Crippen LogP contribution in [0.4, 0.5) is 4.79 Å². The molecule has 0 radical (unpaired) electrons. The number of benzene rings is 2. The smallest absolute Gasteiger partial charge is 0.308 e. The molecule has 3 rings (SSSR count). The van der Waals surface area contributed by atoms with Crippen LogP contribution in [0.3, 0.4) is 0 Å². The van der Waals surface area contributed by atoms with E-state index in [0.717, 1.165) is 16.7 Å². The Balaban J connectivity index is 1.84. The maximum Gasteiger partial charge on any atom is 0.308 e. The third kappa shape index (κ3) is 5.16. The lowest BCUT2D eigenvalue weighted by Gasteiger charge is -2.13. The van der Waals surface area contributed by atoms with Gasteiger partial charge < -0.3 is 9.47 Å². The fourth-order valence-electron chi connectivity index (χ4n) is 2.73. The number of carbonyl (C=O) groups excluding carboxylic acids is 3. The van der Waals surface area contributed by atoms with Crippen LogP contribution in [-0.2, 0) is 16.1 Å². The first-order valence-corrected chi connectivity index (χ1v) is 10.5. The predicted molar refractivity (Wildman–Crippen MR) is 117 cm³/mol. The molecule has 0 spiro atoms. The van der Waals surface area contributed by atoms with E-state index in [9.17, 15) is 14.4 Å². The number of amides is 2. The molecule has 0 bridgehead atoms. The summed E-state index contributed by atoms with van der Waals surface area (Å²) in [4.78, 5) is 37.8. The average Bonchev–Trinajstić information content (AvgIpc) is 2.93. The van der Waals surface area contributed by atoms with Gasteiger partial charge in [0.1, 0.15) is 0 Å². The van der Waals surface area contributed by atoms with Crippen molar-refractivity contribution in [2.45, 2.75) is 20.4 Å². The molecule has 1 aliphatic heterocycles. The van der Waals surface area contributed by atoms with Gasteiger partial charge in [0.15, 0.2) is 11.5 Å². The molecular formula is C21H17Cl2NO5S. The monoisotopic (exact) mass is 465 g/mol. The third-order valence-electron chi connectivity index (χ3n) is 4.04. The van der Waals surface area contributed by atoms with E-state index < -0.39 is 11.9 Å². The minimum atomic E-state index is -0.467. The van der Waals surface area contributed by atoms with E-state index >= 15 is 0 Å². The van der Waals surface area contributed by atoms with Crippen LogP contribution in [0.5, 0.6) is 11.5 Å². The Bertz CT molecular complexity index is 1050. The molecule has 6 nitrogen and oxygen atoms in total. The average molecular weight is 466 g/mol. The molecule has 2 aromatic rings. The highest BCUT2D eigenvalue weighted by atomic mass is 35.5. The summed E-state index contributed by atoms with van der Waals surface area (Å²) in [6.07, 6.45) is 1.59. The number of esters is 1. The molecule has 0 aliphatic carbocycles. The number of halogens is 2. The van der Waals surface area contributed by atoms with Gasteiger partial charge in [0, 0.05) is 17.0 Å². The van der Waals surface area contributed by atoms with Gasteiger partial charge >= 0.3 is 5.97 Å². The number of carbonyl (C=O) groups is 3. The molecule has 0 saturated carbocycles. The van der Waals surface area contributed by atoms with Crippen LogP contribution in [0.1, 0.15) is 25.0 Å². The van der Waals surface area contributed by atoms with E-state index in [-0.39, 0.29) is 22.4 Å². The molecule has 0 N–H and O–H groups in total. The number of thioether (sulfide) groups is 1. The summed E-state index contributed by atoms with van der Waals surface area (Å²) in [6.45, 7) is 3.52. The van der Waals surface area contributed by atoms with E-state index in [1.54, 1.807) is 49.4 Å². The molecular weight excluding hydrogens is 449 g/mol. The number of rotatable bonds is 6. The summed E-state index contributed by atoms with van der Waals surface area (Å²) < 4.78 is 10.6. The van der Waals surface area contributed by atoms with Crippen molar-refractivity contribution in [3.8, 4) is 11.5 Å². The van der Waals surface area contributed by atoms with Crippen molar-refractivity contribution in [1.29, 1.82) is 0 Å². The lowest BCUT2D eigenvalue weighted by atomic mass is 10.1. The summed E-state index contributed by atoms with van der Waals surface area (Å²) >= 11 is 12.9. The van der Waals surface area contributed by atoms with Crippen molar-refractivity contribution in [1.82, 2.24) is 4.90 Å². The van der Waals surface area contributed by atoms with Crippen molar-refractivity contribution in [2.24, 2.45) is 0 Å². The van der Waals surface area contributed by atoms with Gasteiger partial charge in [-0.3, -0.25) is 19.3 Å². The van der Waals surface area contributed by atoms with Crippen LogP contribution in [0.15, 0.2) is 41.3 Å². The molecule has 0 atom stereocenters. The molecule has 1 fully saturated rings. The lowest BCUT2D eigenvalue weighted by molar-refractivity contribution is -0.132. The number of hydrogen-bond acceptors (Lipinski definition) is 6. The van der Waals surface area contributed by atoms with Crippen LogP contribution < -0.4 is 9.47 Å². The number of nitrogens with zero attached hydrogens (tertiary/aromatic N) is 1. The summed E-state index contributed by atoms with van der Waals surface area (Å²) in [5.41, 5.74) is 1.25. The zero-order valence-corrected chi connectivity index (χ0v) is 18.4. The van der Waals surface area contributed by atoms with Crippen LogP contribution in [-0.4, -0.2) is 28.6 Å². The van der Waals surface area contributed by atoms with Gasteiger partial charge in [0.2, 0.25) is 0 Å². The van der Waals surface area contributed by atoms with E-state index in [0.29, 0.717) is 33.5 Å². The highest BCUT2D eigenvalue weighted by Gasteiger charge is 2.35. The molecule has 0 unspecified atom stereocenters. The van der Waals surface area contributed by atoms with E-state index in [2.05, 4.69) is 0 Å². The van der Waals surface area contributed by atoms with Crippen LogP contribution in [0, 0.1) is 0 Å². The maximum atomic E-state index is 12.8. The molecule has 0 aromatic heterocycles. The molecule has 1 aliphatic rings. The molecule has 9 heteroatoms. The predicted octanol–water partition coefficient (Wildman–Crippen LogP) is 5.55. The number of hydrogen-bond donors (Lipinski definition) is 0. The van der Waals surface area contributed by atoms with Gasteiger partial charge in [-0.2, -0.15) is 0 Å². The minimum Gasteiger partial charge on any atom is -0.490 e. The second kappa shape index (κ2) is 9.55. The zero-order valence-electron chi connectivity index (χ0n) is 16.1. The first-order chi connectivity index (χ1) is 14.3. The number of imide groups is 1. The Morgan fingerprint density at radius 2 is 1.90 bits per heavy atom. The Labute approximate surface area is 187 Å².